The molecule has 0 aromatic carbocycles. The van der Waals surface area contributed by atoms with Gasteiger partial charge in [-0.2, -0.15) is 0 Å². The molecule has 0 spiro atoms. The number of hydrogen-bond acceptors (Lipinski definition) is 6. The Morgan fingerprint density at radius 2 is 1.78 bits per heavy atom. The van der Waals surface area contributed by atoms with Crippen molar-refractivity contribution in [2.75, 3.05) is 26.2 Å². The third-order valence-corrected chi connectivity index (χ3v) is 6.24. The third kappa shape index (κ3) is 4.14. The summed E-state index contributed by atoms with van der Waals surface area (Å²) in [7, 11) is 1.91. The van der Waals surface area contributed by atoms with Crippen LogP contribution in [0.4, 0.5) is 0 Å². The van der Waals surface area contributed by atoms with E-state index < -0.39 is 0 Å². The van der Waals surface area contributed by atoms with Crippen LogP contribution in [0.25, 0.3) is 0 Å². The van der Waals surface area contributed by atoms with Crippen LogP contribution in [0.2, 0.25) is 0 Å². The van der Waals surface area contributed by atoms with E-state index in [0.717, 1.165) is 57.2 Å². The Hall–Kier alpha value is -2.00. The first-order valence-electron chi connectivity index (χ1n) is 9.68. The minimum atomic E-state index is -0.250. The molecular formula is C18H29N5O4. The van der Waals surface area contributed by atoms with Gasteiger partial charge < -0.3 is 19.7 Å². The first-order chi connectivity index (χ1) is 13.1. The molecule has 1 amide bonds. The summed E-state index contributed by atoms with van der Waals surface area (Å²) in [6.07, 6.45) is 5.46. The molecule has 9 heteroatoms. The quantitative estimate of drug-likeness (QED) is 0.722. The SMILES string of the molecule is Cn1c(CO)nnc1C1CCN(C(=O)C2CC3CCN2CC3)CC1.O=CO. The Labute approximate surface area is 159 Å². The first-order valence-corrected chi connectivity index (χ1v) is 9.68. The summed E-state index contributed by atoms with van der Waals surface area (Å²) in [5, 5.41) is 24.4. The van der Waals surface area contributed by atoms with E-state index in [1.165, 1.54) is 12.8 Å². The van der Waals surface area contributed by atoms with Crippen LogP contribution in [0, 0.1) is 5.92 Å². The molecule has 5 heterocycles. The van der Waals surface area contributed by atoms with Crippen molar-refractivity contribution in [3.8, 4) is 0 Å². The van der Waals surface area contributed by atoms with Crippen molar-refractivity contribution in [1.29, 1.82) is 0 Å². The number of aliphatic hydroxyl groups is 1. The van der Waals surface area contributed by atoms with Crippen LogP contribution in [0.15, 0.2) is 0 Å². The molecule has 27 heavy (non-hydrogen) atoms. The van der Waals surface area contributed by atoms with Crippen LogP contribution >= 0.6 is 0 Å². The number of hydrogen-bond donors (Lipinski definition) is 2. The predicted molar refractivity (Wildman–Crippen MR) is 96.9 cm³/mol. The van der Waals surface area contributed by atoms with E-state index in [0.29, 0.717) is 17.6 Å². The fourth-order valence-electron chi connectivity index (χ4n) is 4.66. The Kier molecular flexibility index (Phi) is 6.43. The second-order valence-corrected chi connectivity index (χ2v) is 7.63. The molecule has 1 unspecified atom stereocenters. The highest BCUT2D eigenvalue weighted by atomic mass is 16.3. The summed E-state index contributed by atoms with van der Waals surface area (Å²) in [6.45, 7) is 3.47. The van der Waals surface area contributed by atoms with E-state index in [1.807, 2.05) is 11.6 Å². The van der Waals surface area contributed by atoms with Crippen molar-refractivity contribution >= 4 is 12.4 Å². The fraction of sp³-hybridized carbons (Fsp3) is 0.778. The smallest absolute Gasteiger partial charge is 0.290 e. The van der Waals surface area contributed by atoms with Crippen LogP contribution in [-0.4, -0.2) is 79.4 Å². The molecule has 0 saturated carbocycles. The average molecular weight is 379 g/mol. The topological polar surface area (TPSA) is 112 Å². The fourth-order valence-corrected chi connectivity index (χ4v) is 4.66. The maximum absolute atomic E-state index is 12.9. The second kappa shape index (κ2) is 8.79. The number of piperidine rings is 4. The Morgan fingerprint density at radius 3 is 2.26 bits per heavy atom. The molecule has 4 aliphatic rings. The van der Waals surface area contributed by atoms with Crippen molar-refractivity contribution in [2.24, 2.45) is 13.0 Å². The molecule has 1 aromatic heterocycles. The monoisotopic (exact) mass is 379 g/mol. The summed E-state index contributed by atoms with van der Waals surface area (Å²) in [6, 6.07) is 0.130. The standard InChI is InChI=1S/C17H27N5O2.CH2O2/c1-20-15(11-23)18-19-16(20)13-4-8-22(9-5-13)17(24)14-10-12-2-6-21(14)7-3-12;2-1-3/h12-14,23H,2-11H2,1H3;1H,(H,2,3). The Bertz CT molecular complexity index is 648. The highest BCUT2D eigenvalue weighted by molar-refractivity contribution is 5.82. The minimum absolute atomic E-state index is 0.0838. The van der Waals surface area contributed by atoms with Gasteiger partial charge in [0.15, 0.2) is 5.82 Å². The molecule has 0 radical (unpaired) electrons. The maximum Gasteiger partial charge on any atom is 0.290 e. The van der Waals surface area contributed by atoms with Crippen molar-refractivity contribution in [3.05, 3.63) is 11.6 Å². The molecule has 9 nitrogen and oxygen atoms in total. The highest BCUT2D eigenvalue weighted by Gasteiger charge is 2.40. The summed E-state index contributed by atoms with van der Waals surface area (Å²) in [5.41, 5.74) is 0. The van der Waals surface area contributed by atoms with E-state index in [-0.39, 0.29) is 19.1 Å². The van der Waals surface area contributed by atoms with E-state index in [1.54, 1.807) is 0 Å². The highest BCUT2D eigenvalue weighted by Crippen LogP contribution is 2.34. The molecule has 1 atom stereocenters. The zero-order valence-corrected chi connectivity index (χ0v) is 15.8. The largest absolute Gasteiger partial charge is 0.483 e. The number of rotatable bonds is 3. The van der Waals surface area contributed by atoms with Crippen LogP contribution in [0.3, 0.4) is 0 Å². The van der Waals surface area contributed by atoms with Gasteiger partial charge in [-0.15, -0.1) is 10.2 Å². The number of aliphatic hydroxyl groups excluding tert-OH is 1. The number of amides is 1. The third-order valence-electron chi connectivity index (χ3n) is 6.24. The number of likely N-dealkylation sites (tertiary alicyclic amines) is 1. The maximum atomic E-state index is 12.9. The van der Waals surface area contributed by atoms with Gasteiger partial charge in [0.25, 0.3) is 6.47 Å². The number of nitrogens with zero attached hydrogens (tertiary/aromatic N) is 5. The van der Waals surface area contributed by atoms with Gasteiger partial charge in [0.1, 0.15) is 12.4 Å². The Morgan fingerprint density at radius 1 is 1.15 bits per heavy atom. The normalized spacial score (nSPS) is 27.8. The van der Waals surface area contributed by atoms with Crippen LogP contribution < -0.4 is 0 Å². The lowest BCUT2D eigenvalue weighted by molar-refractivity contribution is -0.142. The van der Waals surface area contributed by atoms with Crippen molar-refractivity contribution < 1.29 is 19.8 Å². The molecule has 150 valence electrons. The molecule has 4 aliphatic heterocycles. The molecule has 4 saturated heterocycles. The van der Waals surface area contributed by atoms with Gasteiger partial charge in [-0.3, -0.25) is 14.5 Å². The summed E-state index contributed by atoms with van der Waals surface area (Å²) in [4.78, 5) is 25.7. The zero-order chi connectivity index (χ0) is 19.4. The van der Waals surface area contributed by atoms with Crippen molar-refractivity contribution in [3.63, 3.8) is 0 Å². The number of fused-ring (bicyclic) bond motifs is 3. The lowest BCUT2D eigenvalue weighted by Gasteiger charge is -2.46. The van der Waals surface area contributed by atoms with E-state index in [4.69, 9.17) is 9.90 Å². The number of aromatic nitrogens is 3. The van der Waals surface area contributed by atoms with Gasteiger partial charge in [0.05, 0.1) is 6.04 Å². The van der Waals surface area contributed by atoms with Gasteiger partial charge >= 0.3 is 0 Å². The molecule has 0 aliphatic carbocycles. The van der Waals surface area contributed by atoms with E-state index in [2.05, 4.69) is 20.0 Å². The van der Waals surface area contributed by atoms with Gasteiger partial charge in [0, 0.05) is 26.1 Å². The van der Waals surface area contributed by atoms with Crippen molar-refractivity contribution in [1.82, 2.24) is 24.6 Å². The Balaban J connectivity index is 0.000000659. The molecule has 4 fully saturated rings. The second-order valence-electron chi connectivity index (χ2n) is 7.63. The van der Waals surface area contributed by atoms with Crippen molar-refractivity contribution in [2.45, 2.75) is 50.7 Å². The average Bonchev–Trinajstić information content (AvgIpc) is 3.09. The van der Waals surface area contributed by atoms with Gasteiger partial charge in [-0.05, 0) is 51.1 Å². The number of carbonyl (C=O) groups excluding carboxylic acids is 1. The molecular weight excluding hydrogens is 350 g/mol. The minimum Gasteiger partial charge on any atom is -0.483 e. The van der Waals surface area contributed by atoms with E-state index in [9.17, 15) is 9.90 Å². The molecule has 2 bridgehead atoms. The van der Waals surface area contributed by atoms with E-state index >= 15 is 0 Å². The lowest BCUT2D eigenvalue weighted by atomic mass is 9.82. The summed E-state index contributed by atoms with van der Waals surface area (Å²) in [5.74, 6) is 2.97. The van der Waals surface area contributed by atoms with Crippen LogP contribution in [0.5, 0.6) is 0 Å². The van der Waals surface area contributed by atoms with Gasteiger partial charge in [-0.25, -0.2) is 0 Å². The number of carboxylic acid groups (broad SMARTS) is 1. The molecule has 1 aromatic rings. The lowest BCUT2D eigenvalue weighted by Crippen LogP contribution is -2.57. The van der Waals surface area contributed by atoms with Crippen LogP contribution in [-0.2, 0) is 23.2 Å². The van der Waals surface area contributed by atoms with Gasteiger partial charge in [-0.1, -0.05) is 0 Å². The molecule has 2 N–H and O–H groups in total. The first kappa shape index (κ1) is 19.8. The van der Waals surface area contributed by atoms with Crippen LogP contribution in [0.1, 0.15) is 49.7 Å². The summed E-state index contributed by atoms with van der Waals surface area (Å²) >= 11 is 0. The van der Waals surface area contributed by atoms with Gasteiger partial charge in [0.2, 0.25) is 5.91 Å². The number of carbonyl (C=O) groups is 2. The zero-order valence-electron chi connectivity index (χ0n) is 15.8. The summed E-state index contributed by atoms with van der Waals surface area (Å²) < 4.78 is 1.90. The predicted octanol–water partition coefficient (Wildman–Crippen LogP) is 0.199. The molecule has 5 rings (SSSR count).